The number of oxazole rings is 1. The van der Waals surface area contributed by atoms with Crippen LogP contribution in [0.25, 0.3) is 33.3 Å². The molecule has 1 aromatic heterocycles. The molecule has 0 saturated heterocycles. The van der Waals surface area contributed by atoms with Gasteiger partial charge in [0.1, 0.15) is 11.3 Å². The minimum atomic E-state index is -0.453. The first-order valence-corrected chi connectivity index (χ1v) is 9.96. The summed E-state index contributed by atoms with van der Waals surface area (Å²) >= 11 is 5.94. The summed E-state index contributed by atoms with van der Waals surface area (Å²) in [6.45, 7) is 0. The first kappa shape index (κ1) is 19.7. The number of nitrogens with zero attached hydrogens (tertiary/aromatic N) is 3. The molecule has 1 heterocycles. The maximum absolute atomic E-state index is 11.0. The van der Waals surface area contributed by atoms with Crippen LogP contribution in [0.15, 0.2) is 82.2 Å². The van der Waals surface area contributed by atoms with Gasteiger partial charge in [-0.25, -0.2) is 4.98 Å². The van der Waals surface area contributed by atoms with Gasteiger partial charge in [0.2, 0.25) is 5.89 Å². The molecule has 0 spiro atoms. The van der Waals surface area contributed by atoms with Gasteiger partial charge in [-0.05, 0) is 65.4 Å². The Morgan fingerprint density at radius 3 is 2.62 bits per heavy atom. The highest BCUT2D eigenvalue weighted by atomic mass is 35.5. The minimum absolute atomic E-state index is 0.0148. The summed E-state index contributed by atoms with van der Waals surface area (Å²) in [6, 6.07) is 20.1. The van der Waals surface area contributed by atoms with Crippen LogP contribution in [0.2, 0.25) is 5.02 Å². The Labute approximate surface area is 186 Å². The number of aliphatic imine (C=N–C) groups is 1. The van der Waals surface area contributed by atoms with Crippen molar-refractivity contribution in [1.29, 1.82) is 0 Å². The van der Waals surface area contributed by atoms with Crippen molar-refractivity contribution in [2.24, 2.45) is 4.99 Å². The molecule has 5 aromatic rings. The van der Waals surface area contributed by atoms with E-state index in [-0.39, 0.29) is 11.4 Å². The number of rotatable bonds is 4. The quantitative estimate of drug-likeness (QED) is 0.190. The summed E-state index contributed by atoms with van der Waals surface area (Å²) in [5.74, 6) is 0.508. The lowest BCUT2D eigenvalue weighted by atomic mass is 10.0. The molecule has 0 aliphatic rings. The van der Waals surface area contributed by atoms with Gasteiger partial charge in [-0.2, -0.15) is 0 Å². The van der Waals surface area contributed by atoms with Gasteiger partial charge < -0.3 is 9.52 Å². The molecule has 156 valence electrons. The number of hydrogen-bond acceptors (Lipinski definition) is 6. The number of hydrogen-bond donors (Lipinski definition) is 1. The molecule has 0 saturated carbocycles. The predicted molar refractivity (Wildman–Crippen MR) is 124 cm³/mol. The van der Waals surface area contributed by atoms with Crippen LogP contribution in [0.1, 0.15) is 5.56 Å². The average molecular weight is 444 g/mol. The van der Waals surface area contributed by atoms with Crippen LogP contribution in [-0.2, 0) is 0 Å². The van der Waals surface area contributed by atoms with Gasteiger partial charge in [-0.1, -0.05) is 17.7 Å². The van der Waals surface area contributed by atoms with Gasteiger partial charge in [-0.15, -0.1) is 0 Å². The van der Waals surface area contributed by atoms with Crippen LogP contribution >= 0.6 is 11.6 Å². The predicted octanol–water partition coefficient (Wildman–Crippen LogP) is 6.67. The fraction of sp³-hybridized carbons (Fsp3) is 0. The smallest absolute Gasteiger partial charge is 0.270 e. The second-order valence-corrected chi connectivity index (χ2v) is 7.53. The molecule has 0 aliphatic carbocycles. The van der Waals surface area contributed by atoms with Crippen LogP contribution in [0.4, 0.5) is 11.4 Å². The fourth-order valence-corrected chi connectivity index (χ4v) is 3.56. The SMILES string of the molecule is O=[N+]([O-])c1ccc2c(C=Nc3ccc4oc(-c5ccc(Cl)cc5)nc4c3)c(O)ccc2c1. The van der Waals surface area contributed by atoms with E-state index in [0.717, 1.165) is 5.56 Å². The monoisotopic (exact) mass is 443 g/mol. The number of phenolic OH excluding ortho intramolecular Hbond substituents is 1. The summed E-state index contributed by atoms with van der Waals surface area (Å²) in [7, 11) is 0. The van der Waals surface area contributed by atoms with Crippen molar-refractivity contribution in [3.05, 3.63) is 93.5 Å². The molecule has 32 heavy (non-hydrogen) atoms. The molecule has 7 nitrogen and oxygen atoms in total. The van der Waals surface area contributed by atoms with E-state index in [1.165, 1.54) is 24.4 Å². The number of phenols is 1. The van der Waals surface area contributed by atoms with E-state index in [9.17, 15) is 15.2 Å². The first-order valence-electron chi connectivity index (χ1n) is 9.59. The first-order chi connectivity index (χ1) is 15.5. The fourth-order valence-electron chi connectivity index (χ4n) is 3.43. The molecule has 0 radical (unpaired) electrons. The van der Waals surface area contributed by atoms with Crippen LogP contribution in [0.3, 0.4) is 0 Å². The van der Waals surface area contributed by atoms with Crippen molar-refractivity contribution >= 4 is 51.1 Å². The number of benzene rings is 4. The molecule has 5 rings (SSSR count). The summed E-state index contributed by atoms with van der Waals surface area (Å²) in [5.41, 5.74) is 3.15. The van der Waals surface area contributed by atoms with Gasteiger partial charge in [0.05, 0.1) is 10.6 Å². The zero-order valence-electron chi connectivity index (χ0n) is 16.4. The lowest BCUT2D eigenvalue weighted by molar-refractivity contribution is -0.384. The lowest BCUT2D eigenvalue weighted by Crippen LogP contribution is -1.90. The number of aromatic nitrogens is 1. The molecule has 0 unspecified atom stereocenters. The molecule has 0 atom stereocenters. The molecule has 0 aliphatic heterocycles. The van der Waals surface area contributed by atoms with Crippen molar-refractivity contribution in [2.75, 3.05) is 0 Å². The molecule has 8 heteroatoms. The Bertz CT molecular complexity index is 1520. The van der Waals surface area contributed by atoms with Crippen molar-refractivity contribution in [1.82, 2.24) is 4.98 Å². The second kappa shape index (κ2) is 7.79. The van der Waals surface area contributed by atoms with Gasteiger partial charge in [0.15, 0.2) is 5.58 Å². The third kappa shape index (κ3) is 3.66. The average Bonchev–Trinajstić information content (AvgIpc) is 3.22. The maximum atomic E-state index is 11.0. The number of halogens is 1. The number of nitro groups is 1. The lowest BCUT2D eigenvalue weighted by Gasteiger charge is -2.05. The van der Waals surface area contributed by atoms with Gasteiger partial charge in [0.25, 0.3) is 5.69 Å². The van der Waals surface area contributed by atoms with E-state index in [1.54, 1.807) is 42.5 Å². The van der Waals surface area contributed by atoms with Crippen LogP contribution < -0.4 is 0 Å². The van der Waals surface area contributed by atoms with E-state index >= 15 is 0 Å². The molecule has 4 aromatic carbocycles. The third-order valence-electron chi connectivity index (χ3n) is 5.04. The van der Waals surface area contributed by atoms with Crippen molar-refractivity contribution in [2.45, 2.75) is 0 Å². The highest BCUT2D eigenvalue weighted by Crippen LogP contribution is 2.31. The topological polar surface area (TPSA) is 102 Å². The normalized spacial score (nSPS) is 11.5. The van der Waals surface area contributed by atoms with E-state index in [4.69, 9.17) is 16.0 Å². The van der Waals surface area contributed by atoms with E-state index in [1.807, 2.05) is 12.1 Å². The third-order valence-corrected chi connectivity index (χ3v) is 5.29. The Hall–Kier alpha value is -4.23. The Morgan fingerprint density at radius 1 is 1.03 bits per heavy atom. The highest BCUT2D eigenvalue weighted by molar-refractivity contribution is 6.30. The molecule has 1 N–H and O–H groups in total. The molecule has 0 amide bonds. The van der Waals surface area contributed by atoms with Crippen LogP contribution in [0.5, 0.6) is 5.75 Å². The largest absolute Gasteiger partial charge is 0.507 e. The summed E-state index contributed by atoms with van der Waals surface area (Å²) in [5, 5.41) is 23.3. The van der Waals surface area contributed by atoms with E-state index in [0.29, 0.717) is 44.0 Å². The number of aromatic hydroxyl groups is 1. The summed E-state index contributed by atoms with van der Waals surface area (Å²) < 4.78 is 5.82. The number of non-ortho nitro benzene ring substituents is 1. The second-order valence-electron chi connectivity index (χ2n) is 7.10. The van der Waals surface area contributed by atoms with Gasteiger partial charge in [0, 0.05) is 34.5 Å². The van der Waals surface area contributed by atoms with Crippen molar-refractivity contribution in [3.8, 4) is 17.2 Å². The van der Waals surface area contributed by atoms with E-state index < -0.39 is 4.92 Å². The Kier molecular flexibility index (Phi) is 4.80. The van der Waals surface area contributed by atoms with Crippen LogP contribution in [-0.4, -0.2) is 21.2 Å². The zero-order chi connectivity index (χ0) is 22.2. The molecular formula is C24H14ClN3O4. The van der Waals surface area contributed by atoms with E-state index in [2.05, 4.69) is 9.98 Å². The molecule has 0 fully saturated rings. The van der Waals surface area contributed by atoms with Crippen LogP contribution in [0, 0.1) is 10.1 Å². The molecular weight excluding hydrogens is 430 g/mol. The molecule has 0 bridgehead atoms. The maximum Gasteiger partial charge on any atom is 0.270 e. The minimum Gasteiger partial charge on any atom is -0.507 e. The summed E-state index contributed by atoms with van der Waals surface area (Å²) in [6.07, 6.45) is 1.53. The van der Waals surface area contributed by atoms with Crippen molar-refractivity contribution in [3.63, 3.8) is 0 Å². The Morgan fingerprint density at radius 2 is 1.84 bits per heavy atom. The summed E-state index contributed by atoms with van der Waals surface area (Å²) in [4.78, 5) is 19.6. The van der Waals surface area contributed by atoms with Gasteiger partial charge in [-0.3, -0.25) is 15.1 Å². The zero-order valence-corrected chi connectivity index (χ0v) is 17.2. The standard InChI is InChI=1S/C24H14ClN3O4/c25-16-4-1-14(2-5-16)24-27-21-12-17(6-10-23(21)32-24)26-13-20-19-8-7-18(28(30)31)11-15(19)3-9-22(20)29/h1-13,29H. The number of nitro benzene ring substituents is 1. The Balaban J connectivity index is 1.50. The highest BCUT2D eigenvalue weighted by Gasteiger charge is 2.11. The van der Waals surface area contributed by atoms with Gasteiger partial charge >= 0.3 is 0 Å². The van der Waals surface area contributed by atoms with Crippen molar-refractivity contribution < 1.29 is 14.4 Å². The number of fused-ring (bicyclic) bond motifs is 2.